The summed E-state index contributed by atoms with van der Waals surface area (Å²) in [5.41, 5.74) is 2.70. The molecule has 1 aliphatic rings. The lowest BCUT2D eigenvalue weighted by molar-refractivity contribution is -0.142. The summed E-state index contributed by atoms with van der Waals surface area (Å²) in [5, 5.41) is 5.99. The van der Waals surface area contributed by atoms with E-state index in [-0.39, 0.29) is 12.5 Å². The normalized spacial score (nSPS) is 14.6. The lowest BCUT2D eigenvalue weighted by Gasteiger charge is -2.13. The number of esters is 1. The number of ether oxygens (including phenoxy) is 3. The maximum atomic E-state index is 13.2. The average molecular weight is 487 g/mol. The van der Waals surface area contributed by atoms with Gasteiger partial charge in [-0.1, -0.05) is 47.5 Å². The van der Waals surface area contributed by atoms with Gasteiger partial charge in [-0.05, 0) is 42.3 Å². The Balaban J connectivity index is 1.96. The van der Waals surface area contributed by atoms with Gasteiger partial charge in [0, 0.05) is 4.47 Å². The highest BCUT2D eigenvalue weighted by Gasteiger charge is 2.30. The number of amides is 1. The Labute approximate surface area is 189 Å². The quantitative estimate of drug-likeness (QED) is 0.402. The number of benzene rings is 2. The first-order valence-corrected chi connectivity index (χ1v) is 10.5. The molecule has 8 heteroatoms. The monoisotopic (exact) mass is 486 g/mol. The minimum atomic E-state index is -0.498. The van der Waals surface area contributed by atoms with E-state index < -0.39 is 5.97 Å². The van der Waals surface area contributed by atoms with E-state index in [1.165, 1.54) is 19.2 Å². The van der Waals surface area contributed by atoms with Crippen molar-refractivity contribution in [2.24, 2.45) is 5.10 Å². The maximum Gasteiger partial charge on any atom is 0.343 e. The fraction of sp³-hybridized carbons (Fsp3) is 0.261. The Bertz CT molecular complexity index is 1030. The number of hydrazone groups is 1. The largest absolute Gasteiger partial charge is 0.493 e. The van der Waals surface area contributed by atoms with Gasteiger partial charge in [-0.3, -0.25) is 4.79 Å². The van der Waals surface area contributed by atoms with Crippen molar-refractivity contribution < 1.29 is 23.8 Å². The van der Waals surface area contributed by atoms with Crippen molar-refractivity contribution in [3.8, 4) is 11.5 Å². The first-order chi connectivity index (χ1) is 15.0. The zero-order valence-corrected chi connectivity index (χ0v) is 19.1. The number of carbonyl (C=O) groups is 2. The van der Waals surface area contributed by atoms with Gasteiger partial charge in [0.2, 0.25) is 0 Å². The van der Waals surface area contributed by atoms with Gasteiger partial charge in [0.15, 0.2) is 18.1 Å². The minimum Gasteiger partial charge on any atom is -0.493 e. The second-order valence-corrected chi connectivity index (χ2v) is 7.55. The summed E-state index contributed by atoms with van der Waals surface area (Å²) in [4.78, 5) is 24.5. The molecule has 0 saturated carbocycles. The summed E-state index contributed by atoms with van der Waals surface area (Å²) in [6, 6.07) is 12.8. The SMILES string of the molecule is CCCC1=NN(c2ccccc2)C(=O)/C1=C/c1cc(OC)c(OCC(=O)OC)cc1Br. The predicted molar refractivity (Wildman–Crippen MR) is 122 cm³/mol. The number of methoxy groups -OCH3 is 2. The number of halogens is 1. The molecule has 0 saturated heterocycles. The second-order valence-electron chi connectivity index (χ2n) is 6.70. The summed E-state index contributed by atoms with van der Waals surface area (Å²) in [7, 11) is 2.80. The molecule has 2 aromatic rings. The van der Waals surface area contributed by atoms with Crippen LogP contribution in [0.15, 0.2) is 57.6 Å². The molecule has 31 heavy (non-hydrogen) atoms. The zero-order valence-electron chi connectivity index (χ0n) is 17.6. The maximum absolute atomic E-state index is 13.2. The molecule has 0 atom stereocenters. The van der Waals surface area contributed by atoms with E-state index in [1.807, 2.05) is 37.3 Å². The highest BCUT2D eigenvalue weighted by Crippen LogP contribution is 2.36. The first-order valence-electron chi connectivity index (χ1n) is 9.74. The van der Waals surface area contributed by atoms with Crippen LogP contribution in [0.1, 0.15) is 25.3 Å². The van der Waals surface area contributed by atoms with Gasteiger partial charge in [-0.25, -0.2) is 4.79 Å². The van der Waals surface area contributed by atoms with E-state index in [0.29, 0.717) is 33.7 Å². The van der Waals surface area contributed by atoms with Crippen molar-refractivity contribution in [3.05, 3.63) is 58.1 Å². The fourth-order valence-corrected chi connectivity index (χ4v) is 3.49. The number of carbonyl (C=O) groups excluding carboxylic acids is 2. The molecule has 0 aromatic heterocycles. The van der Waals surface area contributed by atoms with Crippen LogP contribution in [0.4, 0.5) is 5.69 Å². The minimum absolute atomic E-state index is 0.188. The highest BCUT2D eigenvalue weighted by molar-refractivity contribution is 9.10. The van der Waals surface area contributed by atoms with Gasteiger partial charge in [0.1, 0.15) is 0 Å². The van der Waals surface area contributed by atoms with Crippen molar-refractivity contribution in [2.75, 3.05) is 25.8 Å². The third kappa shape index (κ3) is 5.14. The van der Waals surface area contributed by atoms with E-state index in [4.69, 9.17) is 9.47 Å². The van der Waals surface area contributed by atoms with Crippen LogP contribution in [0.2, 0.25) is 0 Å². The molecular weight excluding hydrogens is 464 g/mol. The third-order valence-corrected chi connectivity index (χ3v) is 5.28. The van der Waals surface area contributed by atoms with E-state index >= 15 is 0 Å². The van der Waals surface area contributed by atoms with Crippen LogP contribution < -0.4 is 14.5 Å². The van der Waals surface area contributed by atoms with Gasteiger partial charge in [-0.2, -0.15) is 10.1 Å². The van der Waals surface area contributed by atoms with Crippen LogP contribution >= 0.6 is 15.9 Å². The number of nitrogens with zero attached hydrogens (tertiary/aromatic N) is 2. The van der Waals surface area contributed by atoms with Crippen molar-refractivity contribution in [2.45, 2.75) is 19.8 Å². The van der Waals surface area contributed by atoms with Crippen molar-refractivity contribution in [1.82, 2.24) is 0 Å². The lowest BCUT2D eigenvalue weighted by atomic mass is 10.0. The Morgan fingerprint density at radius 1 is 1.16 bits per heavy atom. The molecule has 0 unspecified atom stereocenters. The topological polar surface area (TPSA) is 77.4 Å². The second kappa shape index (κ2) is 10.3. The molecule has 0 aliphatic carbocycles. The molecule has 0 bridgehead atoms. The van der Waals surface area contributed by atoms with Gasteiger partial charge < -0.3 is 14.2 Å². The van der Waals surface area contributed by atoms with E-state index in [9.17, 15) is 9.59 Å². The fourth-order valence-electron chi connectivity index (χ4n) is 3.05. The van der Waals surface area contributed by atoms with Gasteiger partial charge in [0.05, 0.1) is 31.2 Å². The van der Waals surface area contributed by atoms with Gasteiger partial charge >= 0.3 is 5.97 Å². The summed E-state index contributed by atoms with van der Waals surface area (Å²) in [6.07, 6.45) is 3.32. The van der Waals surface area contributed by atoms with Gasteiger partial charge in [-0.15, -0.1) is 0 Å². The van der Waals surface area contributed by atoms with Crippen LogP contribution in [0.5, 0.6) is 11.5 Å². The smallest absolute Gasteiger partial charge is 0.343 e. The number of para-hydroxylation sites is 1. The Kier molecular flexibility index (Phi) is 7.46. The number of hydrogen-bond donors (Lipinski definition) is 0. The Hall–Kier alpha value is -3.13. The average Bonchev–Trinajstić information content (AvgIpc) is 3.09. The summed E-state index contributed by atoms with van der Waals surface area (Å²) >= 11 is 3.52. The van der Waals surface area contributed by atoms with Crippen LogP contribution in [-0.2, 0) is 14.3 Å². The Morgan fingerprint density at radius 2 is 1.90 bits per heavy atom. The molecule has 3 rings (SSSR count). The molecule has 1 aliphatic heterocycles. The van der Waals surface area contributed by atoms with Crippen LogP contribution in [0.3, 0.4) is 0 Å². The molecule has 0 fully saturated rings. The van der Waals surface area contributed by atoms with E-state index in [0.717, 1.165) is 17.7 Å². The predicted octanol–water partition coefficient (Wildman–Crippen LogP) is 4.60. The molecular formula is C23H23BrN2O5. The van der Waals surface area contributed by atoms with E-state index in [1.54, 1.807) is 18.2 Å². The molecule has 0 spiro atoms. The molecule has 1 amide bonds. The number of anilines is 1. The van der Waals surface area contributed by atoms with Gasteiger partial charge in [0.25, 0.3) is 5.91 Å². The van der Waals surface area contributed by atoms with E-state index in [2.05, 4.69) is 25.8 Å². The van der Waals surface area contributed by atoms with Crippen molar-refractivity contribution in [1.29, 1.82) is 0 Å². The molecule has 7 nitrogen and oxygen atoms in total. The van der Waals surface area contributed by atoms with Crippen LogP contribution in [-0.4, -0.2) is 38.4 Å². The number of hydrogen-bond acceptors (Lipinski definition) is 6. The molecule has 1 heterocycles. The van der Waals surface area contributed by atoms with Crippen molar-refractivity contribution >= 4 is 45.3 Å². The Morgan fingerprint density at radius 3 is 2.55 bits per heavy atom. The van der Waals surface area contributed by atoms with Crippen LogP contribution in [0, 0.1) is 0 Å². The summed E-state index contributed by atoms with van der Waals surface area (Å²) in [6.45, 7) is 1.81. The molecule has 0 N–H and O–H groups in total. The highest BCUT2D eigenvalue weighted by atomic mass is 79.9. The molecule has 2 aromatic carbocycles. The molecule has 162 valence electrons. The summed E-state index contributed by atoms with van der Waals surface area (Å²) in [5.74, 6) is 0.125. The van der Waals surface area contributed by atoms with Crippen molar-refractivity contribution in [3.63, 3.8) is 0 Å². The first kappa shape index (κ1) is 22.6. The number of rotatable bonds is 8. The zero-order chi connectivity index (χ0) is 22.4. The standard InChI is InChI=1S/C23H23BrN2O5/c1-4-8-19-17(23(28)26(25-19)16-9-6-5-7-10-16)11-15-12-20(29-2)21(13-18(15)24)31-14-22(27)30-3/h5-7,9-13H,4,8,14H2,1-3H3/b17-11+. The summed E-state index contributed by atoms with van der Waals surface area (Å²) < 4.78 is 16.2. The van der Waals surface area contributed by atoms with Crippen LogP contribution in [0.25, 0.3) is 6.08 Å². The molecule has 0 radical (unpaired) electrons. The third-order valence-electron chi connectivity index (χ3n) is 4.60. The lowest BCUT2D eigenvalue weighted by Crippen LogP contribution is -2.21.